The monoisotopic (exact) mass is 297 g/mol. The van der Waals surface area contributed by atoms with E-state index in [0.29, 0.717) is 11.9 Å². The van der Waals surface area contributed by atoms with Crippen LogP contribution in [0.1, 0.15) is 35.9 Å². The number of halogens is 1. The summed E-state index contributed by atoms with van der Waals surface area (Å²) in [4.78, 5) is 7.05. The maximum Gasteiger partial charge on any atom is 0.147 e. The highest BCUT2D eigenvalue weighted by molar-refractivity contribution is 7.09. The van der Waals surface area contributed by atoms with Crippen molar-refractivity contribution in [3.05, 3.63) is 28.2 Å². The third kappa shape index (κ3) is 2.52. The maximum atomic E-state index is 5.84. The zero-order valence-corrected chi connectivity index (χ0v) is 12.4. The molecule has 0 radical (unpaired) electrons. The Morgan fingerprint density at radius 2 is 2.37 bits per heavy atom. The highest BCUT2D eigenvalue weighted by Crippen LogP contribution is 2.30. The summed E-state index contributed by atoms with van der Waals surface area (Å²) in [6, 6.07) is 0.354. The predicted molar refractivity (Wildman–Crippen MR) is 75.1 cm³/mol. The van der Waals surface area contributed by atoms with Crippen LogP contribution in [-0.4, -0.2) is 31.2 Å². The van der Waals surface area contributed by atoms with Gasteiger partial charge >= 0.3 is 0 Å². The summed E-state index contributed by atoms with van der Waals surface area (Å²) in [6.07, 6.45) is 2.85. The standard InChI is InChI=1S/C12H16ClN5S/c1-2-10(12-15-9(5-13)7-19-12)17-3-4-18-8-14-16-11(18)6-17/h7-8,10H,2-6H2,1H3. The molecule has 0 saturated carbocycles. The van der Waals surface area contributed by atoms with Crippen molar-refractivity contribution in [2.24, 2.45) is 0 Å². The van der Waals surface area contributed by atoms with Crippen LogP contribution >= 0.6 is 22.9 Å². The average Bonchev–Trinajstić information content (AvgIpc) is 3.07. The molecule has 3 rings (SSSR count). The van der Waals surface area contributed by atoms with Crippen molar-refractivity contribution in [1.29, 1.82) is 0 Å². The first-order chi connectivity index (χ1) is 9.31. The second kappa shape index (κ2) is 5.56. The van der Waals surface area contributed by atoms with Gasteiger partial charge in [0.1, 0.15) is 17.2 Å². The fourth-order valence-corrected chi connectivity index (χ4v) is 3.74. The molecule has 2 aromatic heterocycles. The number of hydrogen-bond acceptors (Lipinski definition) is 5. The first-order valence-corrected chi connectivity index (χ1v) is 7.84. The molecule has 3 heterocycles. The third-order valence-electron chi connectivity index (χ3n) is 3.49. The molecule has 0 amide bonds. The minimum atomic E-state index is 0.354. The van der Waals surface area contributed by atoms with Gasteiger partial charge in [-0.1, -0.05) is 6.92 Å². The molecule has 1 atom stereocenters. The molecule has 0 spiro atoms. The van der Waals surface area contributed by atoms with Crippen LogP contribution in [0.15, 0.2) is 11.7 Å². The molecular weight excluding hydrogens is 282 g/mol. The Kier molecular flexibility index (Phi) is 3.81. The van der Waals surface area contributed by atoms with Gasteiger partial charge in [0.2, 0.25) is 0 Å². The first kappa shape index (κ1) is 13.0. The van der Waals surface area contributed by atoms with E-state index in [1.54, 1.807) is 11.3 Å². The summed E-state index contributed by atoms with van der Waals surface area (Å²) in [7, 11) is 0. The number of aromatic nitrogens is 4. The number of hydrogen-bond donors (Lipinski definition) is 0. The van der Waals surface area contributed by atoms with Crippen LogP contribution in [-0.2, 0) is 19.0 Å². The molecule has 0 aromatic carbocycles. The molecular formula is C12H16ClN5S. The van der Waals surface area contributed by atoms with Crippen LogP contribution in [0.2, 0.25) is 0 Å². The van der Waals surface area contributed by atoms with E-state index >= 15 is 0 Å². The third-order valence-corrected chi connectivity index (χ3v) is 4.76. The van der Waals surface area contributed by atoms with Crippen molar-refractivity contribution in [2.75, 3.05) is 6.54 Å². The van der Waals surface area contributed by atoms with E-state index < -0.39 is 0 Å². The summed E-state index contributed by atoms with van der Waals surface area (Å²) >= 11 is 7.54. The maximum absolute atomic E-state index is 5.84. The zero-order chi connectivity index (χ0) is 13.2. The summed E-state index contributed by atoms with van der Waals surface area (Å²) < 4.78 is 2.12. The van der Waals surface area contributed by atoms with Gasteiger partial charge in [-0.05, 0) is 6.42 Å². The van der Waals surface area contributed by atoms with Crippen molar-refractivity contribution in [1.82, 2.24) is 24.6 Å². The van der Waals surface area contributed by atoms with Gasteiger partial charge in [0, 0.05) is 18.5 Å². The lowest BCUT2D eigenvalue weighted by atomic mass is 10.1. The van der Waals surface area contributed by atoms with E-state index in [2.05, 4.69) is 37.0 Å². The van der Waals surface area contributed by atoms with Crippen molar-refractivity contribution in [3.8, 4) is 0 Å². The van der Waals surface area contributed by atoms with Crippen LogP contribution in [0.4, 0.5) is 0 Å². The Labute approximate surface area is 121 Å². The van der Waals surface area contributed by atoms with E-state index in [1.165, 1.54) is 0 Å². The topological polar surface area (TPSA) is 46.8 Å². The van der Waals surface area contributed by atoms with Gasteiger partial charge in [0.15, 0.2) is 0 Å². The van der Waals surface area contributed by atoms with Crippen LogP contribution < -0.4 is 0 Å². The Balaban J connectivity index is 1.80. The minimum Gasteiger partial charge on any atom is -0.315 e. The fraction of sp³-hybridized carbons (Fsp3) is 0.583. The van der Waals surface area contributed by atoms with Gasteiger partial charge in [-0.15, -0.1) is 33.1 Å². The zero-order valence-electron chi connectivity index (χ0n) is 10.8. The van der Waals surface area contributed by atoms with Crippen LogP contribution in [0, 0.1) is 0 Å². The number of alkyl halides is 1. The molecule has 102 valence electrons. The van der Waals surface area contributed by atoms with Gasteiger partial charge in [0.25, 0.3) is 0 Å². The Morgan fingerprint density at radius 3 is 3.11 bits per heavy atom. The number of thiazole rings is 1. The number of rotatable bonds is 4. The molecule has 7 heteroatoms. The lowest BCUT2D eigenvalue weighted by Gasteiger charge is -2.32. The molecule has 1 aliphatic rings. The van der Waals surface area contributed by atoms with Crippen LogP contribution in [0.3, 0.4) is 0 Å². The highest BCUT2D eigenvalue weighted by Gasteiger charge is 2.26. The van der Waals surface area contributed by atoms with Gasteiger partial charge in [-0.25, -0.2) is 4.98 Å². The second-order valence-electron chi connectivity index (χ2n) is 4.65. The molecule has 0 aliphatic carbocycles. The SMILES string of the molecule is CCC(c1nc(CCl)cs1)N1CCn2cnnc2C1. The molecule has 1 unspecified atom stereocenters. The van der Waals surface area contributed by atoms with Crippen LogP contribution in [0.5, 0.6) is 0 Å². The summed E-state index contributed by atoms with van der Waals surface area (Å²) in [5.41, 5.74) is 0.972. The van der Waals surface area contributed by atoms with Crippen molar-refractivity contribution in [3.63, 3.8) is 0 Å². The van der Waals surface area contributed by atoms with Gasteiger partial charge in [-0.3, -0.25) is 4.90 Å². The van der Waals surface area contributed by atoms with E-state index in [4.69, 9.17) is 11.6 Å². The van der Waals surface area contributed by atoms with Crippen molar-refractivity contribution < 1.29 is 0 Å². The highest BCUT2D eigenvalue weighted by atomic mass is 35.5. The first-order valence-electron chi connectivity index (χ1n) is 6.42. The van der Waals surface area contributed by atoms with E-state index in [0.717, 1.165) is 42.6 Å². The quantitative estimate of drug-likeness (QED) is 0.813. The van der Waals surface area contributed by atoms with E-state index in [9.17, 15) is 0 Å². The molecule has 5 nitrogen and oxygen atoms in total. The van der Waals surface area contributed by atoms with Crippen molar-refractivity contribution in [2.45, 2.75) is 38.4 Å². The average molecular weight is 298 g/mol. The Hall–Kier alpha value is -0.980. The molecule has 1 aliphatic heterocycles. The van der Waals surface area contributed by atoms with Crippen LogP contribution in [0.25, 0.3) is 0 Å². The molecule has 19 heavy (non-hydrogen) atoms. The Morgan fingerprint density at radius 1 is 1.47 bits per heavy atom. The Bertz CT molecular complexity index is 552. The van der Waals surface area contributed by atoms with Gasteiger partial charge in [0.05, 0.1) is 24.2 Å². The molecule has 0 saturated heterocycles. The molecule has 0 bridgehead atoms. The smallest absolute Gasteiger partial charge is 0.147 e. The molecule has 0 fully saturated rings. The number of nitrogens with zero attached hydrogens (tertiary/aromatic N) is 5. The number of fused-ring (bicyclic) bond motifs is 1. The van der Waals surface area contributed by atoms with Crippen molar-refractivity contribution >= 4 is 22.9 Å². The normalized spacial score (nSPS) is 17.4. The largest absolute Gasteiger partial charge is 0.315 e. The van der Waals surface area contributed by atoms with Gasteiger partial charge < -0.3 is 4.57 Å². The second-order valence-corrected chi connectivity index (χ2v) is 5.80. The molecule has 2 aromatic rings. The van der Waals surface area contributed by atoms with E-state index in [1.807, 2.05) is 6.33 Å². The molecule has 0 N–H and O–H groups in total. The predicted octanol–water partition coefficient (Wildman–Crippen LogP) is 2.44. The fourth-order valence-electron chi connectivity index (χ4n) is 2.48. The van der Waals surface area contributed by atoms with E-state index in [-0.39, 0.29) is 0 Å². The summed E-state index contributed by atoms with van der Waals surface area (Å²) in [5, 5.41) is 11.4. The summed E-state index contributed by atoms with van der Waals surface area (Å²) in [5.74, 6) is 1.53. The lowest BCUT2D eigenvalue weighted by Crippen LogP contribution is -2.36. The minimum absolute atomic E-state index is 0.354. The summed E-state index contributed by atoms with van der Waals surface area (Å²) in [6.45, 7) is 5.01. The lowest BCUT2D eigenvalue weighted by molar-refractivity contribution is 0.148. The van der Waals surface area contributed by atoms with Gasteiger partial charge in [-0.2, -0.15) is 0 Å².